The zero-order valence-corrected chi connectivity index (χ0v) is 22.0. The molecule has 0 saturated heterocycles. The van der Waals surface area contributed by atoms with Crippen molar-refractivity contribution in [1.82, 2.24) is 24.7 Å². The van der Waals surface area contributed by atoms with E-state index in [0.29, 0.717) is 34.8 Å². The van der Waals surface area contributed by atoms with Crippen molar-refractivity contribution in [1.29, 1.82) is 0 Å². The van der Waals surface area contributed by atoms with Gasteiger partial charge in [-0.25, -0.2) is 18.4 Å². The van der Waals surface area contributed by atoms with Gasteiger partial charge in [0, 0.05) is 47.3 Å². The van der Waals surface area contributed by atoms with Crippen molar-refractivity contribution in [3.8, 4) is 16.8 Å². The zero-order chi connectivity index (χ0) is 27.8. The van der Waals surface area contributed by atoms with Gasteiger partial charge >= 0.3 is 0 Å². The second kappa shape index (κ2) is 10.3. The number of aromatic amines is 1. The molecule has 1 unspecified atom stereocenters. The summed E-state index contributed by atoms with van der Waals surface area (Å²) in [6.45, 7) is 4.15. The molecule has 0 radical (unpaired) electrons. The van der Waals surface area contributed by atoms with E-state index in [2.05, 4.69) is 20.1 Å². The molecule has 6 rings (SSSR count). The van der Waals surface area contributed by atoms with Crippen molar-refractivity contribution in [2.24, 2.45) is 5.73 Å². The monoisotopic (exact) mass is 535 g/mol. The second-order valence-corrected chi connectivity index (χ2v) is 9.59. The van der Waals surface area contributed by atoms with Gasteiger partial charge in [0.05, 0.1) is 29.3 Å². The van der Waals surface area contributed by atoms with Crippen molar-refractivity contribution in [2.45, 2.75) is 26.4 Å². The summed E-state index contributed by atoms with van der Waals surface area (Å²) < 4.78 is 33.6. The fraction of sp³-hybridized carbons (Fsp3) is 0.129. The number of benzene rings is 3. The standard InChI is InChI=1S/C31H27F2N7/c1-19-25-10-11-27(29(33)30(25)40(38-19)23-6-3-5-21(15-23)17-34)26-9-8-22(16-28(26)32)39(24-7-4-12-35-18-24)20(2)31-36-13-14-37-31/h3-16,18,20H,17,34H2,1-2H3,(H,36,37). The Morgan fingerprint density at radius 3 is 2.55 bits per heavy atom. The minimum Gasteiger partial charge on any atom is -0.347 e. The van der Waals surface area contributed by atoms with Gasteiger partial charge < -0.3 is 15.6 Å². The van der Waals surface area contributed by atoms with Gasteiger partial charge in [-0.15, -0.1) is 0 Å². The van der Waals surface area contributed by atoms with Crippen LogP contribution in [0.5, 0.6) is 0 Å². The first kappa shape index (κ1) is 25.4. The number of nitrogens with one attached hydrogen (secondary N) is 1. The number of imidazole rings is 1. The van der Waals surface area contributed by atoms with Crippen LogP contribution in [-0.2, 0) is 6.54 Å². The molecule has 3 heterocycles. The summed E-state index contributed by atoms with van der Waals surface area (Å²) >= 11 is 0. The fourth-order valence-electron chi connectivity index (χ4n) is 5.12. The van der Waals surface area contributed by atoms with E-state index in [1.54, 1.807) is 53.7 Å². The van der Waals surface area contributed by atoms with Crippen LogP contribution in [0, 0.1) is 18.6 Å². The molecule has 7 nitrogen and oxygen atoms in total. The molecule has 200 valence electrons. The summed E-state index contributed by atoms with van der Waals surface area (Å²) in [5, 5.41) is 5.25. The van der Waals surface area contributed by atoms with Crippen molar-refractivity contribution < 1.29 is 8.78 Å². The second-order valence-electron chi connectivity index (χ2n) is 9.59. The Morgan fingerprint density at radius 2 is 1.82 bits per heavy atom. The quantitative estimate of drug-likeness (QED) is 0.236. The summed E-state index contributed by atoms with van der Waals surface area (Å²) in [5.74, 6) is -0.382. The minimum absolute atomic E-state index is 0.152. The third kappa shape index (κ3) is 4.40. The van der Waals surface area contributed by atoms with E-state index >= 15 is 8.78 Å². The van der Waals surface area contributed by atoms with Crippen LogP contribution in [0.4, 0.5) is 20.2 Å². The number of hydrogen-bond acceptors (Lipinski definition) is 5. The molecule has 3 N–H and O–H groups in total. The van der Waals surface area contributed by atoms with Crippen LogP contribution in [0.1, 0.15) is 30.0 Å². The first-order chi connectivity index (χ1) is 19.5. The molecule has 0 saturated carbocycles. The average Bonchev–Trinajstić information content (AvgIpc) is 3.64. The van der Waals surface area contributed by atoms with Gasteiger partial charge in [-0.2, -0.15) is 5.10 Å². The van der Waals surface area contributed by atoms with Crippen LogP contribution in [0.25, 0.3) is 27.7 Å². The number of H-pyrrole nitrogens is 1. The number of halogens is 2. The lowest BCUT2D eigenvalue weighted by Crippen LogP contribution is -2.22. The number of aryl methyl sites for hydroxylation is 1. The topological polar surface area (TPSA) is 88.7 Å². The van der Waals surface area contributed by atoms with Gasteiger partial charge in [0.2, 0.25) is 0 Å². The summed E-state index contributed by atoms with van der Waals surface area (Å²) in [4.78, 5) is 13.7. The van der Waals surface area contributed by atoms with Crippen molar-refractivity contribution >= 4 is 22.3 Å². The summed E-state index contributed by atoms with van der Waals surface area (Å²) in [7, 11) is 0. The summed E-state index contributed by atoms with van der Waals surface area (Å²) in [5.41, 5.74) is 10.0. The Labute approximate surface area is 229 Å². The molecule has 40 heavy (non-hydrogen) atoms. The Balaban J connectivity index is 1.46. The lowest BCUT2D eigenvalue weighted by Gasteiger charge is -2.30. The maximum absolute atomic E-state index is 16.2. The molecule has 6 aromatic rings. The van der Waals surface area contributed by atoms with Gasteiger partial charge in [0.1, 0.15) is 17.2 Å². The van der Waals surface area contributed by atoms with E-state index in [9.17, 15) is 0 Å². The van der Waals surface area contributed by atoms with Crippen LogP contribution < -0.4 is 10.6 Å². The fourth-order valence-corrected chi connectivity index (χ4v) is 5.12. The highest BCUT2D eigenvalue weighted by atomic mass is 19.1. The molecular weight excluding hydrogens is 508 g/mol. The number of aromatic nitrogens is 5. The lowest BCUT2D eigenvalue weighted by atomic mass is 10.0. The molecule has 3 aromatic carbocycles. The summed E-state index contributed by atoms with van der Waals surface area (Å²) in [6.07, 6.45) is 6.81. The molecule has 0 bridgehead atoms. The number of anilines is 2. The molecule has 0 spiro atoms. The van der Waals surface area contributed by atoms with Crippen LogP contribution in [0.3, 0.4) is 0 Å². The largest absolute Gasteiger partial charge is 0.347 e. The van der Waals surface area contributed by atoms with Crippen molar-refractivity contribution in [3.05, 3.63) is 120 Å². The minimum atomic E-state index is -0.552. The number of pyridine rings is 1. The Kier molecular flexibility index (Phi) is 6.57. The van der Waals surface area contributed by atoms with Gasteiger partial charge in [0.15, 0.2) is 5.82 Å². The SMILES string of the molecule is Cc1nn(-c2cccc(CN)c2)c2c(F)c(-c3ccc(N(c4cccnc4)C(C)c4ncc[nH]4)cc3F)ccc12. The maximum Gasteiger partial charge on any atom is 0.157 e. The van der Waals surface area contributed by atoms with Gasteiger partial charge in [-0.05, 0) is 61.9 Å². The Morgan fingerprint density at radius 1 is 0.975 bits per heavy atom. The number of fused-ring (bicyclic) bond motifs is 1. The molecule has 0 fully saturated rings. The number of hydrogen-bond donors (Lipinski definition) is 2. The van der Waals surface area contributed by atoms with E-state index in [1.165, 1.54) is 6.07 Å². The summed E-state index contributed by atoms with van der Waals surface area (Å²) in [6, 6.07) is 19.1. The highest BCUT2D eigenvalue weighted by Gasteiger charge is 2.24. The Bertz CT molecular complexity index is 1800. The van der Waals surface area contributed by atoms with Gasteiger partial charge in [-0.3, -0.25) is 4.98 Å². The third-order valence-corrected chi connectivity index (χ3v) is 7.11. The van der Waals surface area contributed by atoms with Crippen LogP contribution in [0.15, 0.2) is 91.5 Å². The molecule has 3 aromatic heterocycles. The normalized spacial score (nSPS) is 12.1. The first-order valence-electron chi connectivity index (χ1n) is 12.9. The van der Waals surface area contributed by atoms with E-state index in [1.807, 2.05) is 55.1 Å². The lowest BCUT2D eigenvalue weighted by molar-refractivity contribution is 0.617. The van der Waals surface area contributed by atoms with E-state index in [-0.39, 0.29) is 22.7 Å². The van der Waals surface area contributed by atoms with Gasteiger partial charge in [0.25, 0.3) is 0 Å². The molecule has 9 heteroatoms. The predicted octanol–water partition coefficient (Wildman–Crippen LogP) is 6.76. The zero-order valence-electron chi connectivity index (χ0n) is 22.0. The molecule has 0 aliphatic rings. The van der Waals surface area contributed by atoms with E-state index in [4.69, 9.17) is 5.73 Å². The predicted molar refractivity (Wildman–Crippen MR) is 152 cm³/mol. The van der Waals surface area contributed by atoms with Gasteiger partial charge in [-0.1, -0.05) is 24.3 Å². The molecule has 0 amide bonds. The van der Waals surface area contributed by atoms with Crippen LogP contribution >= 0.6 is 0 Å². The van der Waals surface area contributed by atoms with Crippen molar-refractivity contribution in [3.63, 3.8) is 0 Å². The molecule has 0 aliphatic carbocycles. The number of nitrogens with zero attached hydrogens (tertiary/aromatic N) is 5. The molecule has 1 atom stereocenters. The Hall–Kier alpha value is -4.89. The average molecular weight is 536 g/mol. The maximum atomic E-state index is 16.2. The first-order valence-corrected chi connectivity index (χ1v) is 12.9. The number of rotatable bonds is 7. The van der Waals surface area contributed by atoms with Crippen LogP contribution in [0.2, 0.25) is 0 Å². The van der Waals surface area contributed by atoms with Crippen molar-refractivity contribution in [2.75, 3.05) is 4.90 Å². The smallest absolute Gasteiger partial charge is 0.157 e. The van der Waals surface area contributed by atoms with Crippen LogP contribution in [-0.4, -0.2) is 24.7 Å². The van der Waals surface area contributed by atoms with E-state index < -0.39 is 11.6 Å². The highest BCUT2D eigenvalue weighted by molar-refractivity contribution is 5.89. The molecule has 0 aliphatic heterocycles. The molecular formula is C31H27F2N7. The van der Waals surface area contributed by atoms with E-state index in [0.717, 1.165) is 11.3 Å². The number of nitrogens with two attached hydrogens (primary N) is 1. The third-order valence-electron chi connectivity index (χ3n) is 7.11. The highest BCUT2D eigenvalue weighted by Crippen LogP contribution is 2.38.